The van der Waals surface area contributed by atoms with E-state index >= 15 is 0 Å². The van der Waals surface area contributed by atoms with E-state index in [1.54, 1.807) is 12.1 Å². The van der Waals surface area contributed by atoms with E-state index in [-0.39, 0.29) is 18.2 Å². The molecule has 0 saturated carbocycles. The average Bonchev–Trinajstić information content (AvgIpc) is 3.31. The molecule has 3 N–H and O–H groups in total. The quantitative estimate of drug-likeness (QED) is 0.498. The van der Waals surface area contributed by atoms with Gasteiger partial charge >= 0.3 is 5.69 Å². The third kappa shape index (κ3) is 4.14. The second kappa shape index (κ2) is 9.11. The van der Waals surface area contributed by atoms with Gasteiger partial charge in [-0.05, 0) is 23.3 Å². The van der Waals surface area contributed by atoms with Crippen LogP contribution in [0.2, 0.25) is 0 Å². The van der Waals surface area contributed by atoms with Crippen molar-refractivity contribution in [2.24, 2.45) is 5.10 Å². The van der Waals surface area contributed by atoms with E-state index in [4.69, 9.17) is 14.2 Å². The molecule has 0 aliphatic carbocycles. The monoisotopic (exact) mass is 452 g/mol. The summed E-state index contributed by atoms with van der Waals surface area (Å²) in [7, 11) is 4.58. The van der Waals surface area contributed by atoms with Crippen LogP contribution in [-0.4, -0.2) is 41.7 Å². The van der Waals surface area contributed by atoms with Crippen LogP contribution in [0.25, 0.3) is 0 Å². The van der Waals surface area contributed by atoms with Crippen LogP contribution in [0.1, 0.15) is 29.2 Å². The summed E-state index contributed by atoms with van der Waals surface area (Å²) in [4.78, 5) is 27.2. The number of hydrogen-bond acceptors (Lipinski definition) is 8. The third-order valence-corrected chi connectivity index (χ3v) is 5.49. The van der Waals surface area contributed by atoms with Gasteiger partial charge < -0.3 is 24.7 Å². The number of aromatic amines is 1. The molecule has 1 aliphatic heterocycles. The first-order valence-electron chi connectivity index (χ1n) is 10.2. The van der Waals surface area contributed by atoms with Gasteiger partial charge in [-0.15, -0.1) is 0 Å². The molecule has 2 aromatic carbocycles. The molecule has 0 fully saturated rings. The van der Waals surface area contributed by atoms with E-state index in [2.05, 4.69) is 15.5 Å². The minimum Gasteiger partial charge on any atom is -0.494 e. The van der Waals surface area contributed by atoms with E-state index in [1.807, 2.05) is 30.3 Å². The van der Waals surface area contributed by atoms with Crippen LogP contribution < -0.4 is 30.9 Å². The number of nitrogens with one attached hydrogen (secondary N) is 2. The smallest absolute Gasteiger partial charge is 0.331 e. The summed E-state index contributed by atoms with van der Waals surface area (Å²) in [6.45, 7) is 0.103. The van der Waals surface area contributed by atoms with Gasteiger partial charge in [-0.25, -0.2) is 4.79 Å². The lowest BCUT2D eigenvalue weighted by molar-refractivity contribution is 0.323. The van der Waals surface area contributed by atoms with Gasteiger partial charge in [0.25, 0.3) is 5.56 Å². The standard InChI is InChI=1S/C23H24N4O6/c1-31-17-9-14(10-18(32-2)20(17)33-3)15-11-16(26-25-15)19-21(28)24-23(30)27(22(19)29)12-13-7-5-4-6-8-13/h4-10,15,25,29H,11-12H2,1-3H3,(H,24,28,30). The average molecular weight is 452 g/mol. The highest BCUT2D eigenvalue weighted by Gasteiger charge is 2.29. The Kier molecular flexibility index (Phi) is 6.07. The lowest BCUT2D eigenvalue weighted by Crippen LogP contribution is -2.34. The minimum absolute atomic E-state index is 0.0482. The van der Waals surface area contributed by atoms with E-state index in [9.17, 15) is 14.7 Å². The number of methoxy groups -OCH3 is 3. The number of hydrazone groups is 1. The van der Waals surface area contributed by atoms with Gasteiger partial charge in [0.1, 0.15) is 5.56 Å². The van der Waals surface area contributed by atoms with Crippen molar-refractivity contribution in [1.82, 2.24) is 15.0 Å². The normalized spacial score (nSPS) is 15.0. The topological polar surface area (TPSA) is 127 Å². The molecule has 0 amide bonds. The Hall–Kier alpha value is -4.21. The summed E-state index contributed by atoms with van der Waals surface area (Å²) < 4.78 is 17.3. The molecule has 4 rings (SSSR count). The predicted molar refractivity (Wildman–Crippen MR) is 122 cm³/mol. The molecule has 1 aromatic heterocycles. The van der Waals surface area contributed by atoms with Crippen molar-refractivity contribution >= 4 is 5.71 Å². The molecule has 0 radical (unpaired) electrons. The SMILES string of the molecule is COc1cc(C2CC(c3c(O)n(Cc4ccccc4)c(=O)[nH]c3=O)=NN2)cc(OC)c1OC. The van der Waals surface area contributed by atoms with Gasteiger partial charge in [0.15, 0.2) is 11.5 Å². The number of hydrogen-bond donors (Lipinski definition) is 3. The summed E-state index contributed by atoms with van der Waals surface area (Å²) in [5.74, 6) is 1.00. The van der Waals surface area contributed by atoms with Crippen LogP contribution in [0.15, 0.2) is 57.2 Å². The molecule has 33 heavy (non-hydrogen) atoms. The van der Waals surface area contributed by atoms with Crippen molar-refractivity contribution < 1.29 is 19.3 Å². The van der Waals surface area contributed by atoms with Crippen molar-refractivity contribution in [1.29, 1.82) is 0 Å². The Labute approximate surface area is 189 Å². The first kappa shape index (κ1) is 22.0. The van der Waals surface area contributed by atoms with Gasteiger partial charge in [0.05, 0.1) is 39.6 Å². The first-order chi connectivity index (χ1) is 16.0. The van der Waals surface area contributed by atoms with Crippen LogP contribution in [0.3, 0.4) is 0 Å². The van der Waals surface area contributed by atoms with Crippen LogP contribution in [0, 0.1) is 0 Å². The van der Waals surface area contributed by atoms with Crippen LogP contribution in [-0.2, 0) is 6.54 Å². The van der Waals surface area contributed by atoms with E-state index < -0.39 is 17.1 Å². The fourth-order valence-corrected chi connectivity index (χ4v) is 3.83. The highest BCUT2D eigenvalue weighted by Crippen LogP contribution is 2.41. The van der Waals surface area contributed by atoms with Gasteiger partial charge in [-0.2, -0.15) is 5.10 Å². The number of aromatic nitrogens is 2. The van der Waals surface area contributed by atoms with Crippen molar-refractivity contribution in [2.45, 2.75) is 19.0 Å². The maximum Gasteiger partial charge on any atom is 0.331 e. The molecule has 0 bridgehead atoms. The molecule has 0 saturated heterocycles. The molecule has 1 aliphatic rings. The number of H-pyrrole nitrogens is 1. The second-order valence-electron chi connectivity index (χ2n) is 7.43. The summed E-state index contributed by atoms with van der Waals surface area (Å²) in [5, 5.41) is 15.1. The summed E-state index contributed by atoms with van der Waals surface area (Å²) in [5.41, 5.74) is 3.46. The Morgan fingerprint density at radius 1 is 1.06 bits per heavy atom. The molecular weight excluding hydrogens is 428 g/mol. The zero-order valence-corrected chi connectivity index (χ0v) is 18.4. The number of nitrogens with zero attached hydrogens (tertiary/aromatic N) is 2. The van der Waals surface area contributed by atoms with Crippen LogP contribution in [0.4, 0.5) is 0 Å². The highest BCUT2D eigenvalue weighted by atomic mass is 16.5. The van der Waals surface area contributed by atoms with Gasteiger partial charge in [-0.3, -0.25) is 14.3 Å². The maximum atomic E-state index is 12.6. The van der Waals surface area contributed by atoms with Crippen LogP contribution >= 0.6 is 0 Å². The van der Waals surface area contributed by atoms with E-state index in [0.29, 0.717) is 29.4 Å². The van der Waals surface area contributed by atoms with Crippen molar-refractivity contribution in [3.8, 4) is 23.1 Å². The molecule has 172 valence electrons. The van der Waals surface area contributed by atoms with E-state index in [0.717, 1.165) is 15.7 Å². The van der Waals surface area contributed by atoms with Crippen molar-refractivity contribution in [2.75, 3.05) is 21.3 Å². The minimum atomic E-state index is -0.701. The molecule has 1 unspecified atom stereocenters. The third-order valence-electron chi connectivity index (χ3n) is 5.49. The number of rotatable bonds is 7. The van der Waals surface area contributed by atoms with Crippen molar-refractivity contribution in [3.63, 3.8) is 0 Å². The molecule has 2 heterocycles. The second-order valence-corrected chi connectivity index (χ2v) is 7.43. The molecule has 1 atom stereocenters. The zero-order valence-electron chi connectivity index (χ0n) is 18.4. The molecule has 10 heteroatoms. The fraction of sp³-hybridized carbons (Fsp3) is 0.261. The number of ether oxygens (including phenoxy) is 3. The zero-order chi connectivity index (χ0) is 23.5. The lowest BCUT2D eigenvalue weighted by Gasteiger charge is -2.17. The van der Waals surface area contributed by atoms with Crippen molar-refractivity contribution in [3.05, 3.63) is 80.0 Å². The predicted octanol–water partition coefficient (Wildman–Crippen LogP) is 1.75. The number of aromatic hydroxyl groups is 1. The Morgan fingerprint density at radius 2 is 1.73 bits per heavy atom. The molecule has 10 nitrogen and oxygen atoms in total. The maximum absolute atomic E-state index is 12.6. The largest absolute Gasteiger partial charge is 0.494 e. The first-order valence-corrected chi connectivity index (χ1v) is 10.2. The Bertz CT molecular complexity index is 1290. The Morgan fingerprint density at radius 3 is 2.33 bits per heavy atom. The Balaban J connectivity index is 1.67. The van der Waals surface area contributed by atoms with E-state index in [1.165, 1.54) is 21.3 Å². The van der Waals surface area contributed by atoms with Gasteiger partial charge in [0.2, 0.25) is 11.6 Å². The molecule has 3 aromatic rings. The highest BCUT2D eigenvalue weighted by molar-refractivity contribution is 6.03. The molecular formula is C23H24N4O6. The summed E-state index contributed by atoms with van der Waals surface area (Å²) >= 11 is 0. The van der Waals surface area contributed by atoms with Crippen LogP contribution in [0.5, 0.6) is 23.1 Å². The summed E-state index contributed by atoms with van der Waals surface area (Å²) in [6, 6.07) is 12.4. The van der Waals surface area contributed by atoms with Gasteiger partial charge in [-0.1, -0.05) is 30.3 Å². The number of benzene rings is 2. The molecule has 0 spiro atoms. The lowest BCUT2D eigenvalue weighted by atomic mass is 9.99. The fourth-order valence-electron chi connectivity index (χ4n) is 3.83. The van der Waals surface area contributed by atoms with Gasteiger partial charge in [0, 0.05) is 6.42 Å². The summed E-state index contributed by atoms with van der Waals surface area (Å²) in [6.07, 6.45) is 0.290.